The fourth-order valence-corrected chi connectivity index (χ4v) is 4.94. The smallest absolute Gasteiger partial charge is 0.338 e. The van der Waals surface area contributed by atoms with Crippen molar-refractivity contribution >= 4 is 40.7 Å². The first kappa shape index (κ1) is 23.5. The number of fused-ring (bicyclic) bond motifs is 1. The minimum absolute atomic E-state index is 0.0441. The van der Waals surface area contributed by atoms with Crippen LogP contribution in [0.3, 0.4) is 0 Å². The van der Waals surface area contributed by atoms with E-state index in [1.807, 2.05) is 0 Å². The fraction of sp³-hybridized carbons (Fsp3) is 0.174. The van der Waals surface area contributed by atoms with Gasteiger partial charge in [-0.15, -0.1) is 0 Å². The molecule has 0 radical (unpaired) electrons. The Balaban J connectivity index is 2.01. The first-order valence-corrected chi connectivity index (χ1v) is 11.3. The Labute approximate surface area is 201 Å². The number of thiazole rings is 1. The maximum Gasteiger partial charge on any atom is 0.338 e. The maximum absolute atomic E-state index is 14.4. The number of carbonyl (C=O) groups is 1. The summed E-state index contributed by atoms with van der Waals surface area (Å²) in [6, 6.07) is 8.83. The SMILES string of the molecule is CCOC(=O)C1=C(C)N=c2sc(=Cc3c(F)cccc3Cl)c(=O)n2[C@H]1c1cccc([N+](=O)[O-])c1. The molecule has 2 aromatic carbocycles. The van der Waals surface area contributed by atoms with Crippen LogP contribution in [-0.4, -0.2) is 22.1 Å². The van der Waals surface area contributed by atoms with Crippen LogP contribution in [0.25, 0.3) is 6.08 Å². The van der Waals surface area contributed by atoms with E-state index in [4.69, 9.17) is 16.3 Å². The molecule has 1 aromatic heterocycles. The van der Waals surface area contributed by atoms with E-state index < -0.39 is 28.3 Å². The molecule has 1 aliphatic rings. The number of ether oxygens (including phenoxy) is 1. The Bertz CT molecular complexity index is 1520. The van der Waals surface area contributed by atoms with Crippen LogP contribution in [-0.2, 0) is 9.53 Å². The van der Waals surface area contributed by atoms with Crippen molar-refractivity contribution in [2.24, 2.45) is 4.99 Å². The van der Waals surface area contributed by atoms with Crippen molar-refractivity contribution in [3.8, 4) is 0 Å². The number of nitro groups is 1. The monoisotopic (exact) mass is 501 g/mol. The number of benzene rings is 2. The summed E-state index contributed by atoms with van der Waals surface area (Å²) in [5, 5.41) is 11.5. The van der Waals surface area contributed by atoms with Gasteiger partial charge in [0.05, 0.1) is 38.4 Å². The molecular formula is C23H17ClFN3O5S. The minimum Gasteiger partial charge on any atom is -0.463 e. The molecule has 0 saturated heterocycles. The number of nitrogens with zero attached hydrogens (tertiary/aromatic N) is 3. The van der Waals surface area contributed by atoms with Crippen LogP contribution in [0.5, 0.6) is 0 Å². The predicted octanol–water partition coefficient (Wildman–Crippen LogP) is 3.50. The zero-order valence-corrected chi connectivity index (χ0v) is 19.5. The van der Waals surface area contributed by atoms with Gasteiger partial charge in [-0.2, -0.15) is 0 Å². The van der Waals surface area contributed by atoms with Gasteiger partial charge in [-0.05, 0) is 37.6 Å². The van der Waals surface area contributed by atoms with Crippen LogP contribution >= 0.6 is 22.9 Å². The summed E-state index contributed by atoms with van der Waals surface area (Å²) in [5.41, 5.74) is 0.0344. The standard InChI is InChI=1S/C23H17ClFN3O5S/c1-3-33-22(30)19-12(2)26-23-27(20(19)13-6-4-7-14(10-13)28(31)32)21(29)18(34-23)11-15-16(24)8-5-9-17(15)25/h4-11,20H,3H2,1-2H3/t20-/m0/s1. The summed E-state index contributed by atoms with van der Waals surface area (Å²) in [7, 11) is 0. The highest BCUT2D eigenvalue weighted by Gasteiger charge is 2.34. The van der Waals surface area contributed by atoms with Gasteiger partial charge >= 0.3 is 5.97 Å². The largest absolute Gasteiger partial charge is 0.463 e. The highest BCUT2D eigenvalue weighted by atomic mass is 35.5. The molecule has 4 rings (SSSR count). The molecular weight excluding hydrogens is 485 g/mol. The molecule has 1 atom stereocenters. The number of rotatable bonds is 5. The number of carbonyl (C=O) groups excluding carboxylic acids is 1. The van der Waals surface area contributed by atoms with Crippen molar-refractivity contribution in [2.45, 2.75) is 19.9 Å². The topological polar surface area (TPSA) is 104 Å². The highest BCUT2D eigenvalue weighted by molar-refractivity contribution is 7.07. The van der Waals surface area contributed by atoms with Crippen molar-refractivity contribution < 1.29 is 18.8 Å². The van der Waals surface area contributed by atoms with E-state index in [9.17, 15) is 24.1 Å². The number of hydrogen-bond acceptors (Lipinski definition) is 7. The molecule has 0 saturated carbocycles. The third-order valence-electron chi connectivity index (χ3n) is 5.19. The molecule has 2 heterocycles. The van der Waals surface area contributed by atoms with Crippen molar-refractivity contribution in [3.63, 3.8) is 0 Å². The summed E-state index contributed by atoms with van der Waals surface area (Å²) in [6.45, 7) is 3.33. The Kier molecular flexibility index (Phi) is 6.45. The first-order valence-electron chi connectivity index (χ1n) is 10.1. The second-order valence-electron chi connectivity index (χ2n) is 7.29. The molecule has 1 aliphatic heterocycles. The van der Waals surface area contributed by atoms with Crippen molar-refractivity contribution in [1.29, 1.82) is 0 Å². The molecule has 0 aliphatic carbocycles. The van der Waals surface area contributed by atoms with E-state index in [1.165, 1.54) is 47.0 Å². The van der Waals surface area contributed by atoms with Crippen LogP contribution < -0.4 is 14.9 Å². The minimum atomic E-state index is -1.02. The average molecular weight is 502 g/mol. The number of aromatic nitrogens is 1. The number of allylic oxidation sites excluding steroid dienone is 1. The maximum atomic E-state index is 14.4. The normalized spacial score (nSPS) is 15.6. The van der Waals surface area contributed by atoms with Crippen LogP contribution in [0.4, 0.5) is 10.1 Å². The number of halogens is 2. The van der Waals surface area contributed by atoms with Crippen molar-refractivity contribution in [1.82, 2.24) is 4.57 Å². The van der Waals surface area contributed by atoms with Crippen molar-refractivity contribution in [2.75, 3.05) is 6.61 Å². The number of non-ortho nitro benzene ring substituents is 1. The van der Waals surface area contributed by atoms with Gasteiger partial charge in [0.25, 0.3) is 11.2 Å². The van der Waals surface area contributed by atoms with Gasteiger partial charge in [-0.25, -0.2) is 14.2 Å². The molecule has 8 nitrogen and oxygen atoms in total. The van der Waals surface area contributed by atoms with E-state index in [2.05, 4.69) is 4.99 Å². The van der Waals surface area contributed by atoms with Crippen LogP contribution in [0.15, 0.2) is 63.5 Å². The highest BCUT2D eigenvalue weighted by Crippen LogP contribution is 2.32. The molecule has 11 heteroatoms. The molecule has 3 aromatic rings. The first-order chi connectivity index (χ1) is 16.2. The lowest BCUT2D eigenvalue weighted by Gasteiger charge is -2.24. The van der Waals surface area contributed by atoms with Gasteiger partial charge < -0.3 is 4.74 Å². The Morgan fingerprint density at radius 3 is 2.76 bits per heavy atom. The zero-order chi connectivity index (χ0) is 24.6. The lowest BCUT2D eigenvalue weighted by molar-refractivity contribution is -0.384. The van der Waals surface area contributed by atoms with Crippen molar-refractivity contribution in [3.05, 3.63) is 106 Å². The Morgan fingerprint density at radius 1 is 1.35 bits per heavy atom. The molecule has 0 amide bonds. The quantitative estimate of drug-likeness (QED) is 0.302. The number of esters is 1. The van der Waals surface area contributed by atoms with E-state index in [0.29, 0.717) is 11.3 Å². The van der Waals surface area contributed by atoms with E-state index in [0.717, 1.165) is 11.3 Å². The molecule has 0 spiro atoms. The van der Waals surface area contributed by atoms with E-state index >= 15 is 0 Å². The van der Waals surface area contributed by atoms with E-state index in [1.54, 1.807) is 19.9 Å². The number of nitro benzene ring substituents is 1. The summed E-state index contributed by atoms with van der Waals surface area (Å²) in [6.07, 6.45) is 1.33. The summed E-state index contributed by atoms with van der Waals surface area (Å²) in [4.78, 5) is 41.8. The summed E-state index contributed by atoms with van der Waals surface area (Å²) < 4.78 is 20.9. The van der Waals surface area contributed by atoms with E-state index in [-0.39, 0.29) is 37.8 Å². The Morgan fingerprint density at radius 2 is 2.09 bits per heavy atom. The summed E-state index contributed by atoms with van der Waals surface area (Å²) >= 11 is 7.12. The number of hydrogen-bond donors (Lipinski definition) is 0. The molecule has 0 unspecified atom stereocenters. The Hall–Kier alpha value is -3.63. The third kappa shape index (κ3) is 4.17. The lowest BCUT2D eigenvalue weighted by atomic mass is 9.95. The molecule has 174 valence electrons. The van der Waals surface area contributed by atoms with Crippen LogP contribution in [0, 0.1) is 15.9 Å². The molecule has 34 heavy (non-hydrogen) atoms. The third-order valence-corrected chi connectivity index (χ3v) is 6.50. The van der Waals surface area contributed by atoms with Gasteiger partial charge in [0, 0.05) is 17.7 Å². The molecule has 0 bridgehead atoms. The average Bonchev–Trinajstić information content (AvgIpc) is 3.10. The summed E-state index contributed by atoms with van der Waals surface area (Å²) in [5.74, 6) is -1.29. The molecule has 0 N–H and O–H groups in total. The van der Waals surface area contributed by atoms with Crippen LogP contribution in [0.1, 0.15) is 31.0 Å². The second-order valence-corrected chi connectivity index (χ2v) is 8.71. The van der Waals surface area contributed by atoms with Gasteiger partial charge in [0.15, 0.2) is 4.80 Å². The fourth-order valence-electron chi connectivity index (χ4n) is 3.70. The van der Waals surface area contributed by atoms with Gasteiger partial charge in [-0.1, -0.05) is 41.1 Å². The zero-order valence-electron chi connectivity index (χ0n) is 18.0. The second kappa shape index (κ2) is 9.32. The van der Waals surface area contributed by atoms with Crippen LogP contribution in [0.2, 0.25) is 5.02 Å². The lowest BCUT2D eigenvalue weighted by Crippen LogP contribution is -2.40. The molecule has 0 fully saturated rings. The van der Waals surface area contributed by atoms with Gasteiger partial charge in [-0.3, -0.25) is 19.5 Å². The van der Waals surface area contributed by atoms with Gasteiger partial charge in [0.2, 0.25) is 0 Å². The predicted molar refractivity (Wildman–Crippen MR) is 125 cm³/mol. The van der Waals surface area contributed by atoms with Gasteiger partial charge in [0.1, 0.15) is 5.82 Å².